The molecule has 0 radical (unpaired) electrons. The van der Waals surface area contributed by atoms with Gasteiger partial charge in [0.2, 0.25) is 11.8 Å². The molecule has 4 aromatic rings. The molecule has 55 heavy (non-hydrogen) atoms. The minimum Gasteiger partial charge on any atom is -0.457 e. The standard InChI is InChI=1S/C41H51N7O5S2/c1-6-24(3)16-36(49)44-22-54-15-12-35-42-19-30(45-35)27-8-10-28-34(18-27)53-33-11-9-26(17-29(33)41(28)13-14-41)31-20-43-38(46-31)32-21-55-23-48(32)39(50)37(25(4)7-2)47-40(51)52-5/h8-11,17-20,24-25,32,37H,6-7,12-16,21-23H2,1-5H3,(H,42,45)(H,43,46)(H,44,49)(H,47,51). The van der Waals surface area contributed by atoms with Crippen LogP contribution in [-0.2, 0) is 26.2 Å². The van der Waals surface area contributed by atoms with E-state index in [1.54, 1.807) is 23.5 Å². The number of H-pyrrole nitrogens is 2. The number of aromatic amines is 2. The SMILES string of the molecule is CCC(C)CC(=O)NCSCCc1ncc(-c2ccc3c(c2)Oc2ccc(-c4cnc(C5CSCN5C(=O)C(NC(=O)OC)C(C)CC)[nH]4)cc2C32CC2)[nH]1. The van der Waals surface area contributed by atoms with Crippen molar-refractivity contribution < 1.29 is 23.9 Å². The van der Waals surface area contributed by atoms with Gasteiger partial charge in [-0.15, -0.1) is 23.5 Å². The molecular weight excluding hydrogens is 735 g/mol. The van der Waals surface area contributed by atoms with Crippen molar-refractivity contribution in [3.8, 4) is 34.0 Å². The molecule has 3 aliphatic rings. The van der Waals surface area contributed by atoms with Gasteiger partial charge < -0.3 is 35.0 Å². The number of hydrogen-bond donors (Lipinski definition) is 4. The predicted octanol–water partition coefficient (Wildman–Crippen LogP) is 7.78. The molecule has 4 atom stereocenters. The van der Waals surface area contributed by atoms with Crippen LogP contribution in [0.25, 0.3) is 22.5 Å². The van der Waals surface area contributed by atoms with Gasteiger partial charge in [-0.05, 0) is 48.9 Å². The third kappa shape index (κ3) is 8.25. The van der Waals surface area contributed by atoms with E-state index in [2.05, 4.69) is 75.8 Å². The Labute approximate surface area is 331 Å². The first-order valence-electron chi connectivity index (χ1n) is 19.3. The lowest BCUT2D eigenvalue weighted by molar-refractivity contribution is -0.135. The first kappa shape index (κ1) is 38.8. The average molecular weight is 786 g/mol. The topological polar surface area (TPSA) is 154 Å². The zero-order valence-electron chi connectivity index (χ0n) is 32.2. The van der Waals surface area contributed by atoms with E-state index in [1.165, 1.54) is 18.2 Å². The van der Waals surface area contributed by atoms with Gasteiger partial charge in [0.05, 0.1) is 48.7 Å². The van der Waals surface area contributed by atoms with Gasteiger partial charge in [-0.2, -0.15) is 0 Å². The van der Waals surface area contributed by atoms with Crippen LogP contribution in [0.5, 0.6) is 11.5 Å². The highest BCUT2D eigenvalue weighted by Gasteiger charge is 2.51. The second kappa shape index (κ2) is 16.7. The molecule has 7 rings (SSSR count). The van der Waals surface area contributed by atoms with Gasteiger partial charge in [-0.1, -0.05) is 52.7 Å². The Bertz CT molecular complexity index is 2030. The fourth-order valence-corrected chi connectivity index (χ4v) is 9.30. The quantitative estimate of drug-likeness (QED) is 0.0699. The second-order valence-electron chi connectivity index (χ2n) is 15.0. The zero-order valence-corrected chi connectivity index (χ0v) is 33.8. The molecule has 12 nitrogen and oxygen atoms in total. The Hall–Kier alpha value is -4.43. The summed E-state index contributed by atoms with van der Waals surface area (Å²) in [5, 5.41) is 5.76. The molecule has 2 fully saturated rings. The van der Waals surface area contributed by atoms with E-state index in [-0.39, 0.29) is 29.2 Å². The lowest BCUT2D eigenvalue weighted by atomic mass is 9.83. The molecule has 3 amide bonds. The van der Waals surface area contributed by atoms with E-state index in [0.717, 1.165) is 83.5 Å². The van der Waals surface area contributed by atoms with Crippen molar-refractivity contribution in [2.75, 3.05) is 30.4 Å². The number of aromatic nitrogens is 4. The van der Waals surface area contributed by atoms with Crippen LogP contribution in [-0.4, -0.2) is 79.2 Å². The van der Waals surface area contributed by atoms with Gasteiger partial charge in [0, 0.05) is 52.0 Å². The number of carbonyl (C=O) groups is 3. The molecular formula is C41H51N7O5S2. The predicted molar refractivity (Wildman–Crippen MR) is 217 cm³/mol. The van der Waals surface area contributed by atoms with Gasteiger partial charge in [0.1, 0.15) is 29.2 Å². The van der Waals surface area contributed by atoms with E-state index >= 15 is 0 Å². The number of alkyl carbamates (subject to hydrolysis) is 1. The number of aryl methyl sites for hydroxylation is 1. The molecule has 1 saturated carbocycles. The molecule has 4 unspecified atom stereocenters. The van der Waals surface area contributed by atoms with Crippen LogP contribution in [0.15, 0.2) is 48.8 Å². The number of ether oxygens (including phenoxy) is 2. The largest absolute Gasteiger partial charge is 0.457 e. The van der Waals surface area contributed by atoms with Crippen LogP contribution in [0.1, 0.15) is 88.6 Å². The lowest BCUT2D eigenvalue weighted by Crippen LogP contribution is -2.51. The molecule has 14 heteroatoms. The first-order valence-corrected chi connectivity index (χ1v) is 21.6. The summed E-state index contributed by atoms with van der Waals surface area (Å²) >= 11 is 3.37. The van der Waals surface area contributed by atoms with E-state index in [1.807, 2.05) is 31.1 Å². The van der Waals surface area contributed by atoms with Crippen molar-refractivity contribution in [2.24, 2.45) is 11.8 Å². The fraction of sp³-hybridized carbons (Fsp3) is 0.488. The summed E-state index contributed by atoms with van der Waals surface area (Å²) in [6, 6.07) is 11.9. The van der Waals surface area contributed by atoms with Gasteiger partial charge in [0.25, 0.3) is 0 Å². The molecule has 2 aliphatic heterocycles. The average Bonchev–Trinajstić information content (AvgIpc) is 3.55. The van der Waals surface area contributed by atoms with Crippen LogP contribution < -0.4 is 15.4 Å². The van der Waals surface area contributed by atoms with Crippen molar-refractivity contribution in [3.05, 3.63) is 71.6 Å². The van der Waals surface area contributed by atoms with E-state index in [9.17, 15) is 14.4 Å². The summed E-state index contributed by atoms with van der Waals surface area (Å²) < 4.78 is 11.4. The number of methoxy groups -OCH3 is 1. The summed E-state index contributed by atoms with van der Waals surface area (Å²) in [6.07, 6.45) is 8.31. The van der Waals surface area contributed by atoms with Crippen LogP contribution in [0.3, 0.4) is 0 Å². The first-order chi connectivity index (χ1) is 26.6. The molecule has 0 bridgehead atoms. The maximum atomic E-state index is 13.8. The van der Waals surface area contributed by atoms with Crippen molar-refractivity contribution in [2.45, 2.75) is 83.7 Å². The number of imidazole rings is 2. The van der Waals surface area contributed by atoms with Gasteiger partial charge in [-0.3, -0.25) is 9.59 Å². The molecule has 1 spiro atoms. The number of benzene rings is 2. The number of hydrogen-bond acceptors (Lipinski definition) is 9. The minimum absolute atomic E-state index is 0.0562. The second-order valence-corrected chi connectivity index (χ2v) is 17.1. The number of amides is 3. The highest BCUT2D eigenvalue weighted by atomic mass is 32.2. The summed E-state index contributed by atoms with van der Waals surface area (Å²) in [4.78, 5) is 56.1. The molecule has 1 aliphatic carbocycles. The van der Waals surface area contributed by atoms with E-state index in [4.69, 9.17) is 14.5 Å². The van der Waals surface area contributed by atoms with Crippen LogP contribution in [0.2, 0.25) is 0 Å². The Morgan fingerprint density at radius 1 is 1.02 bits per heavy atom. The van der Waals surface area contributed by atoms with Crippen LogP contribution >= 0.6 is 23.5 Å². The lowest BCUT2D eigenvalue weighted by Gasteiger charge is -2.30. The Kier molecular flexibility index (Phi) is 11.8. The highest BCUT2D eigenvalue weighted by Crippen LogP contribution is 2.62. The Morgan fingerprint density at radius 3 is 2.55 bits per heavy atom. The normalized spacial score (nSPS) is 18.1. The number of fused-ring (bicyclic) bond motifs is 4. The Balaban J connectivity index is 1.01. The summed E-state index contributed by atoms with van der Waals surface area (Å²) in [5.74, 6) is 6.42. The van der Waals surface area contributed by atoms with Crippen molar-refractivity contribution >= 4 is 41.4 Å². The number of carbonyl (C=O) groups excluding carboxylic acids is 3. The van der Waals surface area contributed by atoms with E-state index < -0.39 is 12.1 Å². The number of nitrogens with zero attached hydrogens (tertiary/aromatic N) is 3. The van der Waals surface area contributed by atoms with Crippen molar-refractivity contribution in [1.29, 1.82) is 0 Å². The summed E-state index contributed by atoms with van der Waals surface area (Å²) in [6.45, 7) is 8.17. The minimum atomic E-state index is -0.680. The fourth-order valence-electron chi connectivity index (χ4n) is 7.39. The smallest absolute Gasteiger partial charge is 0.407 e. The molecule has 2 aromatic heterocycles. The molecule has 292 valence electrons. The van der Waals surface area contributed by atoms with Crippen molar-refractivity contribution in [1.82, 2.24) is 35.5 Å². The highest BCUT2D eigenvalue weighted by molar-refractivity contribution is 7.99. The van der Waals surface area contributed by atoms with Gasteiger partial charge in [0.15, 0.2) is 0 Å². The van der Waals surface area contributed by atoms with Gasteiger partial charge >= 0.3 is 6.09 Å². The third-order valence-electron chi connectivity index (χ3n) is 11.3. The maximum Gasteiger partial charge on any atom is 0.407 e. The molecule has 4 heterocycles. The zero-order chi connectivity index (χ0) is 38.7. The summed E-state index contributed by atoms with van der Waals surface area (Å²) in [5.41, 5.74) is 6.15. The van der Waals surface area contributed by atoms with Crippen LogP contribution in [0, 0.1) is 11.8 Å². The number of thioether (sulfide) groups is 2. The molecule has 4 N–H and O–H groups in total. The molecule has 2 aromatic carbocycles. The maximum absolute atomic E-state index is 13.8. The Morgan fingerprint density at radius 2 is 1.78 bits per heavy atom. The number of rotatable bonds is 15. The third-order valence-corrected chi connectivity index (χ3v) is 13.2. The van der Waals surface area contributed by atoms with Crippen molar-refractivity contribution in [3.63, 3.8) is 0 Å². The molecule has 1 saturated heterocycles. The number of nitrogens with one attached hydrogen (secondary N) is 4. The van der Waals surface area contributed by atoms with E-state index in [0.29, 0.717) is 29.8 Å². The van der Waals surface area contributed by atoms with Crippen LogP contribution in [0.4, 0.5) is 4.79 Å². The van der Waals surface area contributed by atoms with Gasteiger partial charge in [-0.25, -0.2) is 14.8 Å². The monoisotopic (exact) mass is 785 g/mol. The summed E-state index contributed by atoms with van der Waals surface area (Å²) in [7, 11) is 1.31.